The Morgan fingerprint density at radius 1 is 1.09 bits per heavy atom. The lowest BCUT2D eigenvalue weighted by Gasteiger charge is -2.34. The molecule has 128 valence electrons. The Morgan fingerprint density at radius 2 is 1.61 bits per heavy atom. The molecule has 9 heteroatoms. The van der Waals surface area contributed by atoms with Crippen molar-refractivity contribution in [3.63, 3.8) is 0 Å². The van der Waals surface area contributed by atoms with Crippen molar-refractivity contribution in [2.75, 3.05) is 46.8 Å². The van der Waals surface area contributed by atoms with Crippen LogP contribution >= 0.6 is 0 Å². The van der Waals surface area contributed by atoms with Crippen LogP contribution in [0.1, 0.15) is 0 Å². The molecule has 0 unspecified atom stereocenters. The van der Waals surface area contributed by atoms with Crippen LogP contribution < -0.4 is 0 Å². The molecule has 0 atom stereocenters. The van der Waals surface area contributed by atoms with Gasteiger partial charge in [0.2, 0.25) is 15.9 Å². The molecular formula is C14H19F2N3O3S. The molecule has 2 rings (SSSR count). The predicted octanol–water partition coefficient (Wildman–Crippen LogP) is 0.359. The molecule has 1 amide bonds. The van der Waals surface area contributed by atoms with Gasteiger partial charge >= 0.3 is 0 Å². The molecule has 6 nitrogen and oxygen atoms in total. The standard InChI is InChI=1S/C14H19F2N3O3S/c1-17(2)10-14(20)18-3-5-19(6-4-18)23(21,22)13-8-11(15)7-12(16)9-13/h7-9H,3-6,10H2,1-2H3. The van der Waals surface area contributed by atoms with Gasteiger partial charge in [0.25, 0.3) is 0 Å². The molecule has 1 aliphatic heterocycles. The van der Waals surface area contributed by atoms with E-state index >= 15 is 0 Å². The number of rotatable bonds is 4. The molecule has 1 aromatic carbocycles. The number of likely N-dealkylation sites (N-methyl/N-ethyl adjacent to an activating group) is 1. The minimum Gasteiger partial charge on any atom is -0.339 e. The van der Waals surface area contributed by atoms with Crippen LogP contribution in [0.5, 0.6) is 0 Å². The van der Waals surface area contributed by atoms with Crippen molar-refractivity contribution in [3.8, 4) is 0 Å². The zero-order chi connectivity index (χ0) is 17.2. The normalized spacial score (nSPS) is 16.8. The fourth-order valence-electron chi connectivity index (χ4n) is 2.37. The fraction of sp³-hybridized carbons (Fsp3) is 0.500. The molecule has 1 aliphatic rings. The third kappa shape index (κ3) is 4.24. The average molecular weight is 347 g/mol. The summed E-state index contributed by atoms with van der Waals surface area (Å²) >= 11 is 0. The zero-order valence-corrected chi connectivity index (χ0v) is 13.8. The highest BCUT2D eigenvalue weighted by Crippen LogP contribution is 2.20. The molecular weight excluding hydrogens is 328 g/mol. The fourth-order valence-corrected chi connectivity index (χ4v) is 3.84. The molecule has 1 aromatic rings. The van der Waals surface area contributed by atoms with Crippen molar-refractivity contribution in [1.29, 1.82) is 0 Å². The minimum absolute atomic E-state index is 0.0798. The number of sulfonamides is 1. The maximum Gasteiger partial charge on any atom is 0.243 e. The number of piperazine rings is 1. The van der Waals surface area contributed by atoms with Gasteiger partial charge in [-0.1, -0.05) is 0 Å². The van der Waals surface area contributed by atoms with E-state index in [-0.39, 0.29) is 38.6 Å². The molecule has 1 fully saturated rings. The van der Waals surface area contributed by atoms with E-state index in [0.29, 0.717) is 6.07 Å². The molecule has 0 radical (unpaired) electrons. The summed E-state index contributed by atoms with van der Waals surface area (Å²) in [5.41, 5.74) is 0. The van der Waals surface area contributed by atoms with Crippen molar-refractivity contribution in [2.24, 2.45) is 0 Å². The zero-order valence-electron chi connectivity index (χ0n) is 13.0. The Morgan fingerprint density at radius 3 is 2.09 bits per heavy atom. The smallest absolute Gasteiger partial charge is 0.243 e. The summed E-state index contributed by atoms with van der Waals surface area (Å²) in [6.07, 6.45) is 0. The van der Waals surface area contributed by atoms with Gasteiger partial charge in [-0.25, -0.2) is 17.2 Å². The van der Waals surface area contributed by atoms with Crippen molar-refractivity contribution in [1.82, 2.24) is 14.1 Å². The summed E-state index contributed by atoms with van der Waals surface area (Å²) in [7, 11) is -0.424. The van der Waals surface area contributed by atoms with Gasteiger partial charge in [0.05, 0.1) is 11.4 Å². The third-order valence-electron chi connectivity index (χ3n) is 3.52. The van der Waals surface area contributed by atoms with Gasteiger partial charge in [0.15, 0.2) is 0 Å². The minimum atomic E-state index is -3.97. The van der Waals surface area contributed by atoms with E-state index < -0.39 is 26.6 Å². The number of halogens is 2. The molecule has 23 heavy (non-hydrogen) atoms. The lowest BCUT2D eigenvalue weighted by Crippen LogP contribution is -2.52. The van der Waals surface area contributed by atoms with Crippen LogP contribution in [0.15, 0.2) is 23.1 Å². The maximum absolute atomic E-state index is 13.2. The van der Waals surface area contributed by atoms with Crippen molar-refractivity contribution in [3.05, 3.63) is 29.8 Å². The van der Waals surface area contributed by atoms with Gasteiger partial charge in [-0.15, -0.1) is 0 Å². The van der Waals surface area contributed by atoms with Crippen molar-refractivity contribution < 1.29 is 22.0 Å². The van der Waals surface area contributed by atoms with Gasteiger partial charge < -0.3 is 9.80 Å². The Labute approximate surface area is 134 Å². The number of nitrogens with zero attached hydrogens (tertiary/aromatic N) is 3. The summed E-state index contributed by atoms with van der Waals surface area (Å²) in [5.74, 6) is -1.96. The van der Waals surface area contributed by atoms with Gasteiger partial charge in [0, 0.05) is 32.2 Å². The molecule has 0 aromatic heterocycles. The summed E-state index contributed by atoms with van der Waals surface area (Å²) in [6, 6.07) is 2.21. The number of carbonyl (C=O) groups excluding carboxylic acids is 1. The van der Waals surface area contributed by atoms with E-state index in [1.54, 1.807) is 23.9 Å². The highest BCUT2D eigenvalue weighted by molar-refractivity contribution is 7.89. The first-order valence-electron chi connectivity index (χ1n) is 7.09. The number of amides is 1. The SMILES string of the molecule is CN(C)CC(=O)N1CCN(S(=O)(=O)c2cc(F)cc(F)c2)CC1. The first-order valence-corrected chi connectivity index (χ1v) is 8.53. The van der Waals surface area contributed by atoms with Gasteiger partial charge in [-0.05, 0) is 26.2 Å². The summed E-state index contributed by atoms with van der Waals surface area (Å²) < 4.78 is 52.5. The Bertz CT molecular complexity index is 666. The molecule has 1 heterocycles. The lowest BCUT2D eigenvalue weighted by molar-refractivity contribution is -0.133. The van der Waals surface area contributed by atoms with E-state index in [0.717, 1.165) is 16.4 Å². The largest absolute Gasteiger partial charge is 0.339 e. The van der Waals surface area contributed by atoms with Crippen LogP contribution in [0.3, 0.4) is 0 Å². The molecule has 0 saturated carbocycles. The second-order valence-electron chi connectivity index (χ2n) is 5.63. The van der Waals surface area contributed by atoms with Crippen LogP contribution in [0.2, 0.25) is 0 Å². The summed E-state index contributed by atoms with van der Waals surface area (Å²) in [5, 5.41) is 0. The Kier molecular flexibility index (Phi) is 5.33. The van der Waals surface area contributed by atoms with E-state index in [1.165, 1.54) is 0 Å². The van der Waals surface area contributed by atoms with E-state index in [4.69, 9.17) is 0 Å². The van der Waals surface area contributed by atoms with E-state index in [9.17, 15) is 22.0 Å². The molecule has 0 N–H and O–H groups in total. The molecule has 0 bridgehead atoms. The monoisotopic (exact) mass is 347 g/mol. The van der Waals surface area contributed by atoms with E-state index in [1.807, 2.05) is 0 Å². The highest BCUT2D eigenvalue weighted by atomic mass is 32.2. The maximum atomic E-state index is 13.2. The highest BCUT2D eigenvalue weighted by Gasteiger charge is 2.30. The summed E-state index contributed by atoms with van der Waals surface area (Å²) in [4.78, 5) is 14.8. The van der Waals surface area contributed by atoms with Crippen LogP contribution in [0.25, 0.3) is 0 Å². The third-order valence-corrected chi connectivity index (χ3v) is 5.39. The van der Waals surface area contributed by atoms with Gasteiger partial charge in [0.1, 0.15) is 11.6 Å². The van der Waals surface area contributed by atoms with Crippen molar-refractivity contribution >= 4 is 15.9 Å². The first-order chi connectivity index (χ1) is 10.7. The predicted molar refractivity (Wildman–Crippen MR) is 80.3 cm³/mol. The van der Waals surface area contributed by atoms with Gasteiger partial charge in [-0.2, -0.15) is 4.31 Å². The second-order valence-corrected chi connectivity index (χ2v) is 7.57. The lowest BCUT2D eigenvalue weighted by atomic mass is 10.3. The van der Waals surface area contributed by atoms with Crippen LogP contribution in [-0.2, 0) is 14.8 Å². The average Bonchev–Trinajstić information content (AvgIpc) is 2.45. The number of carbonyl (C=O) groups is 1. The quantitative estimate of drug-likeness (QED) is 0.789. The van der Waals surface area contributed by atoms with Crippen LogP contribution in [0, 0.1) is 11.6 Å². The van der Waals surface area contributed by atoms with E-state index in [2.05, 4.69) is 0 Å². The molecule has 1 saturated heterocycles. The number of hydrogen-bond donors (Lipinski definition) is 0. The molecule has 0 aliphatic carbocycles. The summed E-state index contributed by atoms with van der Waals surface area (Å²) in [6.45, 7) is 0.953. The van der Waals surface area contributed by atoms with Crippen LogP contribution in [0.4, 0.5) is 8.78 Å². The Hall–Kier alpha value is -1.58. The topological polar surface area (TPSA) is 60.9 Å². The van der Waals surface area contributed by atoms with Crippen LogP contribution in [-0.4, -0.2) is 75.2 Å². The van der Waals surface area contributed by atoms with Gasteiger partial charge in [-0.3, -0.25) is 4.79 Å². The number of hydrogen-bond acceptors (Lipinski definition) is 4. The Balaban J connectivity index is 2.08. The molecule has 0 spiro atoms. The first kappa shape index (κ1) is 17.8. The van der Waals surface area contributed by atoms with Crippen molar-refractivity contribution in [2.45, 2.75) is 4.90 Å². The number of benzene rings is 1. The second kappa shape index (κ2) is 6.90.